The number of carbonyl (C=O) groups is 1. The molecule has 0 unspecified atom stereocenters. The monoisotopic (exact) mass is 156 g/mol. The predicted octanol–water partition coefficient (Wildman–Crippen LogP) is 1.27. The maximum absolute atomic E-state index is 10.4. The Labute approximate surface area is 66.3 Å². The van der Waals surface area contributed by atoms with Crippen molar-refractivity contribution in [2.24, 2.45) is 0 Å². The van der Waals surface area contributed by atoms with Crippen LogP contribution in [0.1, 0.15) is 6.92 Å². The van der Waals surface area contributed by atoms with E-state index in [-0.39, 0.29) is 0 Å². The van der Waals surface area contributed by atoms with Crippen LogP contribution in [-0.2, 0) is 14.3 Å². The number of methoxy groups -OCH3 is 1. The molecule has 0 aliphatic rings. The highest BCUT2D eigenvalue weighted by Crippen LogP contribution is 1.88. The van der Waals surface area contributed by atoms with Crippen LogP contribution >= 0.6 is 0 Å². The number of carbonyl (C=O) groups excluding carboxylic acids is 1. The summed E-state index contributed by atoms with van der Waals surface area (Å²) in [6, 6.07) is 0. The molecule has 0 aliphatic carbocycles. The highest BCUT2D eigenvalue weighted by atomic mass is 16.5. The molecule has 0 radical (unpaired) electrons. The first-order valence-electron chi connectivity index (χ1n) is 3.17. The number of rotatable bonds is 4. The van der Waals surface area contributed by atoms with Crippen molar-refractivity contribution >= 4 is 5.97 Å². The second-order valence-electron chi connectivity index (χ2n) is 2.09. The fourth-order valence-electron chi connectivity index (χ4n) is 0.362. The van der Waals surface area contributed by atoms with Crippen molar-refractivity contribution in [2.45, 2.75) is 6.92 Å². The maximum atomic E-state index is 10.4. The Morgan fingerprint density at radius 3 is 2.73 bits per heavy atom. The fourth-order valence-corrected chi connectivity index (χ4v) is 0.362. The van der Waals surface area contributed by atoms with E-state index in [2.05, 4.69) is 11.3 Å². The lowest BCUT2D eigenvalue weighted by Gasteiger charge is -1.97. The molecule has 3 nitrogen and oxygen atoms in total. The van der Waals surface area contributed by atoms with E-state index < -0.39 is 5.97 Å². The average Bonchev–Trinajstić information content (AvgIpc) is 1.97. The molecule has 0 aliphatic heterocycles. The Kier molecular flexibility index (Phi) is 4.90. The third kappa shape index (κ3) is 6.64. The average molecular weight is 156 g/mol. The van der Waals surface area contributed by atoms with Crippen LogP contribution in [0.2, 0.25) is 0 Å². The van der Waals surface area contributed by atoms with Crippen molar-refractivity contribution in [1.82, 2.24) is 0 Å². The van der Waals surface area contributed by atoms with Crippen molar-refractivity contribution in [1.29, 1.82) is 0 Å². The summed E-state index contributed by atoms with van der Waals surface area (Å²) in [6.45, 7) is 5.88. The molecule has 0 aromatic rings. The van der Waals surface area contributed by atoms with Crippen LogP contribution in [0.15, 0.2) is 24.5 Å². The molecule has 0 saturated carbocycles. The third-order valence-electron chi connectivity index (χ3n) is 0.831. The minimum atomic E-state index is -0.424. The SMILES string of the molecule is C=C(C)CO/C=C/C(=O)OC. The van der Waals surface area contributed by atoms with Crippen molar-refractivity contribution in [3.63, 3.8) is 0 Å². The van der Waals surface area contributed by atoms with Gasteiger partial charge in [-0.25, -0.2) is 4.79 Å². The Morgan fingerprint density at radius 1 is 1.64 bits per heavy atom. The lowest BCUT2D eigenvalue weighted by Crippen LogP contribution is -1.95. The Balaban J connectivity index is 3.45. The Morgan fingerprint density at radius 2 is 2.27 bits per heavy atom. The van der Waals surface area contributed by atoms with Crippen LogP contribution < -0.4 is 0 Å². The molecule has 0 fully saturated rings. The van der Waals surface area contributed by atoms with Crippen LogP contribution in [0, 0.1) is 0 Å². The van der Waals surface area contributed by atoms with E-state index in [4.69, 9.17) is 4.74 Å². The predicted molar refractivity (Wildman–Crippen MR) is 41.9 cm³/mol. The lowest BCUT2D eigenvalue weighted by atomic mass is 10.4. The quantitative estimate of drug-likeness (QED) is 0.266. The van der Waals surface area contributed by atoms with Crippen LogP contribution in [0.5, 0.6) is 0 Å². The molecular formula is C8H12O3. The zero-order valence-electron chi connectivity index (χ0n) is 6.79. The van der Waals surface area contributed by atoms with Gasteiger partial charge < -0.3 is 9.47 Å². The Hall–Kier alpha value is -1.25. The van der Waals surface area contributed by atoms with Gasteiger partial charge in [-0.1, -0.05) is 6.58 Å². The zero-order valence-corrected chi connectivity index (χ0v) is 6.79. The van der Waals surface area contributed by atoms with E-state index in [1.54, 1.807) is 0 Å². The van der Waals surface area contributed by atoms with Gasteiger partial charge in [0.25, 0.3) is 0 Å². The van der Waals surface area contributed by atoms with Crippen LogP contribution in [0.25, 0.3) is 0 Å². The minimum Gasteiger partial charge on any atom is -0.497 e. The summed E-state index contributed by atoms with van der Waals surface area (Å²) in [5.74, 6) is -0.424. The van der Waals surface area contributed by atoms with Gasteiger partial charge >= 0.3 is 5.97 Å². The summed E-state index contributed by atoms with van der Waals surface area (Å²) >= 11 is 0. The summed E-state index contributed by atoms with van der Waals surface area (Å²) in [4.78, 5) is 10.4. The van der Waals surface area contributed by atoms with Crippen LogP contribution in [-0.4, -0.2) is 19.7 Å². The molecule has 0 aromatic carbocycles. The van der Waals surface area contributed by atoms with Gasteiger partial charge in [-0.3, -0.25) is 0 Å². The van der Waals surface area contributed by atoms with Crippen LogP contribution in [0.3, 0.4) is 0 Å². The van der Waals surface area contributed by atoms with E-state index in [1.165, 1.54) is 19.4 Å². The zero-order chi connectivity index (χ0) is 8.69. The molecule has 0 aromatic heterocycles. The van der Waals surface area contributed by atoms with Gasteiger partial charge in [0.1, 0.15) is 6.61 Å². The molecule has 62 valence electrons. The fraction of sp³-hybridized carbons (Fsp3) is 0.375. The number of esters is 1. The summed E-state index contributed by atoms with van der Waals surface area (Å²) in [5.41, 5.74) is 0.902. The second-order valence-corrected chi connectivity index (χ2v) is 2.09. The molecule has 0 bridgehead atoms. The van der Waals surface area contributed by atoms with Gasteiger partial charge in [0, 0.05) is 0 Å². The van der Waals surface area contributed by atoms with E-state index in [9.17, 15) is 4.79 Å². The van der Waals surface area contributed by atoms with E-state index >= 15 is 0 Å². The molecule has 0 saturated heterocycles. The van der Waals surface area contributed by atoms with Crippen molar-refractivity contribution in [2.75, 3.05) is 13.7 Å². The third-order valence-corrected chi connectivity index (χ3v) is 0.831. The topological polar surface area (TPSA) is 35.5 Å². The standard InChI is InChI=1S/C8H12O3/c1-7(2)6-11-5-4-8(9)10-3/h4-5H,1,6H2,2-3H3/b5-4+. The van der Waals surface area contributed by atoms with Crippen molar-refractivity contribution in [3.05, 3.63) is 24.5 Å². The molecule has 0 N–H and O–H groups in total. The number of hydrogen-bond acceptors (Lipinski definition) is 3. The summed E-state index contributed by atoms with van der Waals surface area (Å²) in [5, 5.41) is 0. The minimum absolute atomic E-state index is 0.424. The first-order chi connectivity index (χ1) is 5.16. The van der Waals surface area contributed by atoms with Gasteiger partial charge in [0.2, 0.25) is 0 Å². The lowest BCUT2D eigenvalue weighted by molar-refractivity contribution is -0.134. The molecule has 0 atom stereocenters. The van der Waals surface area contributed by atoms with Gasteiger partial charge in [-0.05, 0) is 12.5 Å². The smallest absolute Gasteiger partial charge is 0.333 e. The number of hydrogen-bond donors (Lipinski definition) is 0. The summed E-state index contributed by atoms with van der Waals surface area (Å²) in [7, 11) is 1.31. The normalized spacial score (nSPS) is 9.64. The molecule has 0 rings (SSSR count). The number of ether oxygens (including phenoxy) is 2. The largest absolute Gasteiger partial charge is 0.497 e. The molecule has 3 heteroatoms. The molecule has 0 heterocycles. The first kappa shape index (κ1) is 9.75. The van der Waals surface area contributed by atoms with Gasteiger partial charge in [-0.15, -0.1) is 0 Å². The van der Waals surface area contributed by atoms with Crippen molar-refractivity contribution in [3.8, 4) is 0 Å². The van der Waals surface area contributed by atoms with Gasteiger partial charge in [0.05, 0.1) is 19.4 Å². The van der Waals surface area contributed by atoms with Gasteiger partial charge in [0.15, 0.2) is 0 Å². The summed E-state index contributed by atoms with van der Waals surface area (Å²) < 4.78 is 9.22. The molecule has 0 spiro atoms. The molecule has 0 amide bonds. The summed E-state index contributed by atoms with van der Waals surface area (Å²) in [6.07, 6.45) is 2.50. The van der Waals surface area contributed by atoms with Crippen molar-refractivity contribution < 1.29 is 14.3 Å². The van der Waals surface area contributed by atoms with Gasteiger partial charge in [-0.2, -0.15) is 0 Å². The maximum Gasteiger partial charge on any atom is 0.333 e. The second kappa shape index (κ2) is 5.53. The highest BCUT2D eigenvalue weighted by Gasteiger charge is 1.89. The molecular weight excluding hydrogens is 144 g/mol. The molecule has 11 heavy (non-hydrogen) atoms. The first-order valence-corrected chi connectivity index (χ1v) is 3.17. The van der Waals surface area contributed by atoms with Crippen LogP contribution in [0.4, 0.5) is 0 Å². The van der Waals surface area contributed by atoms with E-state index in [0.29, 0.717) is 6.61 Å². The van der Waals surface area contributed by atoms with E-state index in [0.717, 1.165) is 5.57 Å². The highest BCUT2D eigenvalue weighted by molar-refractivity contribution is 5.81. The van der Waals surface area contributed by atoms with E-state index in [1.807, 2.05) is 6.92 Å². The Bertz CT molecular complexity index is 170.